The van der Waals surface area contributed by atoms with Gasteiger partial charge in [0, 0.05) is 23.3 Å². The van der Waals surface area contributed by atoms with E-state index in [1.54, 1.807) is 30.3 Å². The van der Waals surface area contributed by atoms with Crippen LogP contribution < -0.4 is 0 Å². The molecular weight excluding hydrogens is 426 g/mol. The second-order valence-corrected chi connectivity index (χ2v) is 8.44. The van der Waals surface area contributed by atoms with Crippen molar-refractivity contribution < 1.29 is 24.1 Å². The Hall–Kier alpha value is -4.14. The summed E-state index contributed by atoms with van der Waals surface area (Å²) in [5, 5.41) is 12.7. The number of nitro benzene ring substituents is 1. The standard InChI is InChI=1S/C24H19N3O6/c28-19(14-4-2-1-3-5-14)13-25(22(29)15-8-10-18(11-9-15)27(32)33)26-23(30)20-16-6-7-17(12-16)21(20)24(26)31/h1-11,16-17,20-21H,12-13H2/t16-,17+,20-,21-/m0/s1. The molecule has 9 heteroatoms. The van der Waals surface area contributed by atoms with Gasteiger partial charge in [-0.3, -0.25) is 29.3 Å². The molecule has 3 amide bonds. The van der Waals surface area contributed by atoms with Crippen LogP contribution in [0.3, 0.4) is 0 Å². The lowest BCUT2D eigenvalue weighted by Crippen LogP contribution is -2.52. The highest BCUT2D eigenvalue weighted by Gasteiger charge is 2.61. The molecule has 166 valence electrons. The molecular formula is C24H19N3O6. The number of imide groups is 1. The number of carbonyl (C=O) groups excluding carboxylic acids is 4. The molecule has 2 aromatic carbocycles. The Morgan fingerprint density at radius 3 is 2.03 bits per heavy atom. The van der Waals surface area contributed by atoms with Gasteiger partial charge in [0.1, 0.15) is 6.54 Å². The molecule has 9 nitrogen and oxygen atoms in total. The van der Waals surface area contributed by atoms with Crippen LogP contribution in [0.2, 0.25) is 0 Å². The Labute approximate surface area is 188 Å². The van der Waals surface area contributed by atoms with E-state index in [0.29, 0.717) is 5.56 Å². The summed E-state index contributed by atoms with van der Waals surface area (Å²) in [4.78, 5) is 63.3. The first-order valence-corrected chi connectivity index (χ1v) is 10.6. The van der Waals surface area contributed by atoms with Gasteiger partial charge in [-0.1, -0.05) is 42.5 Å². The summed E-state index contributed by atoms with van der Waals surface area (Å²) in [7, 11) is 0. The van der Waals surface area contributed by atoms with Crippen molar-refractivity contribution in [2.75, 3.05) is 6.54 Å². The molecule has 33 heavy (non-hydrogen) atoms. The van der Waals surface area contributed by atoms with Crippen molar-refractivity contribution in [1.29, 1.82) is 0 Å². The van der Waals surface area contributed by atoms with Gasteiger partial charge in [-0.15, -0.1) is 0 Å². The first-order chi connectivity index (χ1) is 15.9. The van der Waals surface area contributed by atoms with Gasteiger partial charge in [0.2, 0.25) is 0 Å². The molecule has 2 aromatic rings. The highest BCUT2D eigenvalue weighted by molar-refractivity contribution is 6.10. The van der Waals surface area contributed by atoms with E-state index in [1.807, 2.05) is 12.2 Å². The first-order valence-electron chi connectivity index (χ1n) is 10.6. The van der Waals surface area contributed by atoms with E-state index in [1.165, 1.54) is 12.1 Å². The van der Waals surface area contributed by atoms with Crippen molar-refractivity contribution >= 4 is 29.2 Å². The predicted octanol–water partition coefficient (Wildman–Crippen LogP) is 2.64. The van der Waals surface area contributed by atoms with Gasteiger partial charge in [-0.25, -0.2) is 5.01 Å². The number of non-ortho nitro benzene ring substituents is 1. The van der Waals surface area contributed by atoms with Crippen molar-refractivity contribution in [2.45, 2.75) is 6.42 Å². The zero-order valence-electron chi connectivity index (χ0n) is 17.4. The maximum Gasteiger partial charge on any atom is 0.273 e. The summed E-state index contributed by atoms with van der Waals surface area (Å²) in [6, 6.07) is 13.1. The third-order valence-electron chi connectivity index (χ3n) is 6.64. The number of hydrogen-bond acceptors (Lipinski definition) is 6. The molecule has 2 aliphatic carbocycles. The molecule has 1 saturated carbocycles. The van der Waals surface area contributed by atoms with Gasteiger partial charge in [0.25, 0.3) is 23.4 Å². The van der Waals surface area contributed by atoms with E-state index in [9.17, 15) is 29.3 Å². The minimum absolute atomic E-state index is 0.0280. The third kappa shape index (κ3) is 3.32. The highest BCUT2D eigenvalue weighted by Crippen LogP contribution is 2.52. The number of nitro groups is 1. The van der Waals surface area contributed by atoms with E-state index in [-0.39, 0.29) is 23.1 Å². The van der Waals surface area contributed by atoms with Crippen molar-refractivity contribution in [3.63, 3.8) is 0 Å². The topological polar surface area (TPSA) is 118 Å². The first kappa shape index (κ1) is 20.7. The van der Waals surface area contributed by atoms with Crippen LogP contribution in [0.25, 0.3) is 0 Å². The summed E-state index contributed by atoms with van der Waals surface area (Å²) >= 11 is 0. The minimum atomic E-state index is -0.754. The van der Waals surface area contributed by atoms with Gasteiger partial charge >= 0.3 is 0 Å². The van der Waals surface area contributed by atoms with E-state index >= 15 is 0 Å². The molecule has 2 fully saturated rings. The number of carbonyl (C=O) groups is 4. The molecule has 0 spiro atoms. The van der Waals surface area contributed by atoms with Gasteiger partial charge in [0.05, 0.1) is 16.8 Å². The van der Waals surface area contributed by atoms with Gasteiger partial charge in [-0.2, -0.15) is 5.01 Å². The Balaban J connectivity index is 1.49. The number of benzene rings is 2. The fourth-order valence-corrected chi connectivity index (χ4v) is 5.08. The number of Topliss-reactive ketones (excluding diaryl/α,β-unsaturated/α-hetero) is 1. The monoisotopic (exact) mass is 445 g/mol. The number of fused-ring (bicyclic) bond motifs is 5. The predicted molar refractivity (Wildman–Crippen MR) is 114 cm³/mol. The van der Waals surface area contributed by atoms with Crippen molar-refractivity contribution in [1.82, 2.24) is 10.0 Å². The molecule has 1 saturated heterocycles. The lowest BCUT2D eigenvalue weighted by Gasteiger charge is -2.30. The van der Waals surface area contributed by atoms with Crippen molar-refractivity contribution in [2.24, 2.45) is 23.7 Å². The number of amides is 3. The minimum Gasteiger partial charge on any atom is -0.292 e. The Bertz CT molecular complexity index is 1180. The summed E-state index contributed by atoms with van der Waals surface area (Å²) in [6.07, 6.45) is 4.62. The fourth-order valence-electron chi connectivity index (χ4n) is 5.08. The SMILES string of the molecule is O=C(CN(C(=O)c1ccc([N+](=O)[O-])cc1)N1C(=O)[C@@H]2[C@@H](C1=O)[C@H]1C=C[C@@H]2C1)c1ccccc1. The third-order valence-corrected chi connectivity index (χ3v) is 6.64. The zero-order valence-corrected chi connectivity index (χ0v) is 17.4. The summed E-state index contributed by atoms with van der Waals surface area (Å²) in [6.45, 7) is -0.514. The van der Waals surface area contributed by atoms with Gasteiger partial charge in [0.15, 0.2) is 5.78 Å². The van der Waals surface area contributed by atoms with Gasteiger partial charge < -0.3 is 0 Å². The molecule has 0 N–H and O–H groups in total. The largest absolute Gasteiger partial charge is 0.292 e. The van der Waals surface area contributed by atoms with Crippen LogP contribution >= 0.6 is 0 Å². The Morgan fingerprint density at radius 2 is 1.48 bits per heavy atom. The van der Waals surface area contributed by atoms with Crippen molar-refractivity contribution in [3.05, 3.63) is 88.0 Å². The van der Waals surface area contributed by atoms with Gasteiger partial charge in [-0.05, 0) is 30.4 Å². The fraction of sp³-hybridized carbons (Fsp3) is 0.250. The molecule has 1 aliphatic heterocycles. The second kappa shape index (κ2) is 7.77. The summed E-state index contributed by atoms with van der Waals surface area (Å²) < 4.78 is 0. The average molecular weight is 445 g/mol. The van der Waals surface area contributed by atoms with Crippen LogP contribution in [0.1, 0.15) is 27.1 Å². The Morgan fingerprint density at radius 1 is 0.909 bits per heavy atom. The smallest absolute Gasteiger partial charge is 0.273 e. The van der Waals surface area contributed by atoms with Crippen LogP contribution in [-0.4, -0.2) is 45.0 Å². The summed E-state index contributed by atoms with van der Waals surface area (Å²) in [5.74, 6) is -3.35. The maximum absolute atomic E-state index is 13.4. The van der Waals surface area contributed by atoms with Crippen LogP contribution in [0.15, 0.2) is 66.7 Å². The number of hydrogen-bond donors (Lipinski definition) is 0. The molecule has 0 radical (unpaired) electrons. The average Bonchev–Trinajstić information content (AvgIpc) is 3.51. The Kier molecular flexibility index (Phi) is 4.88. The summed E-state index contributed by atoms with van der Waals surface area (Å²) in [5.41, 5.74) is 0.157. The number of ketones is 1. The molecule has 4 atom stereocenters. The number of hydrazine groups is 1. The molecule has 3 aliphatic rings. The van der Waals surface area contributed by atoms with Crippen LogP contribution in [0, 0.1) is 33.8 Å². The van der Waals surface area contributed by atoms with E-state index < -0.39 is 46.8 Å². The normalized spacial score (nSPS) is 24.8. The number of nitrogens with zero attached hydrogens (tertiary/aromatic N) is 3. The molecule has 0 aromatic heterocycles. The molecule has 2 bridgehead atoms. The van der Waals surface area contributed by atoms with Crippen LogP contribution in [0.4, 0.5) is 5.69 Å². The van der Waals surface area contributed by atoms with Crippen molar-refractivity contribution in [3.8, 4) is 0 Å². The molecule has 5 rings (SSSR count). The lowest BCUT2D eigenvalue weighted by molar-refractivity contribution is -0.384. The second-order valence-electron chi connectivity index (χ2n) is 8.44. The molecule has 0 unspecified atom stereocenters. The molecule has 1 heterocycles. The van der Waals surface area contributed by atoms with Crippen LogP contribution in [-0.2, 0) is 9.59 Å². The number of allylic oxidation sites excluding steroid dienone is 2. The quantitative estimate of drug-likeness (QED) is 0.222. The highest BCUT2D eigenvalue weighted by atomic mass is 16.6. The number of rotatable bonds is 6. The van der Waals surface area contributed by atoms with Crippen LogP contribution in [0.5, 0.6) is 0 Å². The van der Waals surface area contributed by atoms with E-state index in [0.717, 1.165) is 28.6 Å². The lowest BCUT2D eigenvalue weighted by atomic mass is 9.85. The van der Waals surface area contributed by atoms with E-state index in [2.05, 4.69) is 0 Å². The maximum atomic E-state index is 13.4. The van der Waals surface area contributed by atoms with E-state index in [4.69, 9.17) is 0 Å². The zero-order chi connectivity index (χ0) is 23.3.